The Morgan fingerprint density at radius 1 is 0.667 bits per heavy atom. The summed E-state index contributed by atoms with van der Waals surface area (Å²) in [5.41, 5.74) is 14.0. The lowest BCUT2D eigenvalue weighted by Gasteiger charge is -2.09. The first-order valence-electron chi connectivity index (χ1n) is 13.4. The lowest BCUT2D eigenvalue weighted by molar-refractivity contribution is 1.14. The van der Waals surface area contributed by atoms with E-state index < -0.39 is 0 Å². The Labute approximate surface area is 227 Å². The number of pyridine rings is 2. The van der Waals surface area contributed by atoms with Gasteiger partial charge in [-0.05, 0) is 83.6 Å². The number of fused-ring (bicyclic) bond motifs is 7. The minimum absolute atomic E-state index is 0.952. The minimum Gasteiger partial charge on any atom is -0.294 e. The van der Waals surface area contributed by atoms with Crippen molar-refractivity contribution in [3.8, 4) is 39.3 Å². The molecule has 0 radical (unpaired) electrons. The predicted molar refractivity (Wildman–Crippen MR) is 160 cm³/mol. The molecule has 0 atom stereocenters. The van der Waals surface area contributed by atoms with E-state index in [9.17, 15) is 0 Å². The Hall–Kier alpha value is -5.02. The molecule has 3 heteroatoms. The standard InChI is InChI=1S/C36H25N3/c1-23-14-17-31(37-22-23)25-9-7-10-26(21-25)32-18-16-30-35-33(39(36(30)38-32)28-11-3-2-4-12-28)19-15-27-20-24-8-5-6-13-29(24)34(27)35/h2-19,21-22H,20H2,1H3. The molecule has 0 fully saturated rings. The number of para-hydroxylation sites is 1. The number of aromatic nitrogens is 3. The van der Waals surface area contributed by atoms with E-state index in [1.807, 2.05) is 6.20 Å². The van der Waals surface area contributed by atoms with Crippen LogP contribution in [0.3, 0.4) is 0 Å². The Morgan fingerprint density at radius 2 is 1.46 bits per heavy atom. The second kappa shape index (κ2) is 8.50. The van der Waals surface area contributed by atoms with Crippen LogP contribution in [0.25, 0.3) is 61.3 Å². The lowest BCUT2D eigenvalue weighted by Crippen LogP contribution is -1.96. The lowest BCUT2D eigenvalue weighted by atomic mass is 9.99. The fourth-order valence-electron chi connectivity index (χ4n) is 6.08. The van der Waals surface area contributed by atoms with E-state index in [-0.39, 0.29) is 0 Å². The molecule has 0 aliphatic heterocycles. The van der Waals surface area contributed by atoms with Crippen molar-refractivity contribution in [1.82, 2.24) is 14.5 Å². The van der Waals surface area contributed by atoms with Gasteiger partial charge in [-0.2, -0.15) is 0 Å². The highest BCUT2D eigenvalue weighted by Crippen LogP contribution is 2.45. The van der Waals surface area contributed by atoms with E-state index in [1.54, 1.807) is 0 Å². The normalized spacial score (nSPS) is 12.1. The number of hydrogen-bond acceptors (Lipinski definition) is 2. The van der Waals surface area contributed by atoms with Gasteiger partial charge in [-0.15, -0.1) is 0 Å². The maximum Gasteiger partial charge on any atom is 0.146 e. The quantitative estimate of drug-likeness (QED) is 0.243. The van der Waals surface area contributed by atoms with Crippen molar-refractivity contribution in [3.63, 3.8) is 0 Å². The number of nitrogens with zero attached hydrogens (tertiary/aromatic N) is 3. The van der Waals surface area contributed by atoms with Crippen LogP contribution in [0.4, 0.5) is 0 Å². The summed E-state index contributed by atoms with van der Waals surface area (Å²) in [4.78, 5) is 9.97. The first kappa shape index (κ1) is 22.0. The molecule has 0 spiro atoms. The van der Waals surface area contributed by atoms with Crippen molar-refractivity contribution in [2.75, 3.05) is 0 Å². The van der Waals surface area contributed by atoms with Crippen LogP contribution in [-0.4, -0.2) is 14.5 Å². The summed E-state index contributed by atoms with van der Waals surface area (Å²) in [6.07, 6.45) is 2.89. The van der Waals surface area contributed by atoms with Gasteiger partial charge in [-0.25, -0.2) is 4.98 Å². The Balaban J connectivity index is 1.39. The highest BCUT2D eigenvalue weighted by molar-refractivity contribution is 6.16. The Morgan fingerprint density at radius 3 is 2.31 bits per heavy atom. The van der Waals surface area contributed by atoms with Gasteiger partial charge in [0.25, 0.3) is 0 Å². The Kier molecular flexibility index (Phi) is 4.80. The van der Waals surface area contributed by atoms with Crippen molar-refractivity contribution in [2.24, 2.45) is 0 Å². The van der Waals surface area contributed by atoms with Gasteiger partial charge in [-0.1, -0.05) is 72.8 Å². The largest absolute Gasteiger partial charge is 0.294 e. The number of benzene rings is 4. The molecule has 8 rings (SSSR count). The van der Waals surface area contributed by atoms with E-state index in [4.69, 9.17) is 4.98 Å². The average Bonchev–Trinajstić information content (AvgIpc) is 3.53. The highest BCUT2D eigenvalue weighted by atomic mass is 15.0. The molecule has 7 aromatic rings. The molecule has 184 valence electrons. The van der Waals surface area contributed by atoms with Crippen LogP contribution in [0.5, 0.6) is 0 Å². The topological polar surface area (TPSA) is 30.7 Å². The van der Waals surface area contributed by atoms with E-state index in [0.717, 1.165) is 45.8 Å². The molecule has 0 amide bonds. The summed E-state index contributed by atoms with van der Waals surface area (Å²) in [6.45, 7) is 2.06. The van der Waals surface area contributed by atoms with Crippen molar-refractivity contribution in [2.45, 2.75) is 13.3 Å². The molecule has 3 aromatic heterocycles. The summed E-state index contributed by atoms with van der Waals surface area (Å²) in [7, 11) is 0. The van der Waals surface area contributed by atoms with Crippen molar-refractivity contribution < 1.29 is 0 Å². The highest BCUT2D eigenvalue weighted by Gasteiger charge is 2.25. The molecule has 0 saturated heterocycles. The number of aryl methyl sites for hydroxylation is 1. The van der Waals surface area contributed by atoms with Gasteiger partial charge in [0.15, 0.2) is 0 Å². The molecule has 0 saturated carbocycles. The summed E-state index contributed by atoms with van der Waals surface area (Å²) in [6, 6.07) is 41.1. The van der Waals surface area contributed by atoms with E-state index >= 15 is 0 Å². The third-order valence-electron chi connectivity index (χ3n) is 7.91. The molecule has 3 heterocycles. The Bertz CT molecular complexity index is 2030. The van der Waals surface area contributed by atoms with Crippen LogP contribution in [0.2, 0.25) is 0 Å². The van der Waals surface area contributed by atoms with Gasteiger partial charge in [0.05, 0.1) is 16.9 Å². The van der Waals surface area contributed by atoms with Gasteiger partial charge in [0.1, 0.15) is 5.65 Å². The van der Waals surface area contributed by atoms with E-state index in [1.165, 1.54) is 38.5 Å². The molecule has 0 bridgehead atoms. The smallest absolute Gasteiger partial charge is 0.146 e. The van der Waals surface area contributed by atoms with Crippen molar-refractivity contribution in [1.29, 1.82) is 0 Å². The van der Waals surface area contributed by atoms with Crippen LogP contribution in [0, 0.1) is 6.92 Å². The van der Waals surface area contributed by atoms with Gasteiger partial charge in [0.2, 0.25) is 0 Å². The molecule has 3 nitrogen and oxygen atoms in total. The zero-order valence-corrected chi connectivity index (χ0v) is 21.6. The predicted octanol–water partition coefficient (Wildman–Crippen LogP) is 8.79. The number of hydrogen-bond donors (Lipinski definition) is 0. The second-order valence-electron chi connectivity index (χ2n) is 10.4. The SMILES string of the molecule is Cc1ccc(-c2cccc(-c3ccc4c5c6c(ccc5n(-c5ccccc5)c4n3)Cc3ccccc3-6)c2)nc1. The molecule has 4 aromatic carbocycles. The molecule has 39 heavy (non-hydrogen) atoms. The van der Waals surface area contributed by atoms with Crippen molar-refractivity contribution >= 4 is 21.9 Å². The van der Waals surface area contributed by atoms with Crippen LogP contribution < -0.4 is 0 Å². The molecule has 1 aliphatic carbocycles. The molecular formula is C36H25N3. The maximum atomic E-state index is 5.33. The summed E-state index contributed by atoms with van der Waals surface area (Å²) in [5.74, 6) is 0. The third kappa shape index (κ3) is 3.44. The number of rotatable bonds is 3. The summed E-state index contributed by atoms with van der Waals surface area (Å²) < 4.78 is 2.32. The molecular weight excluding hydrogens is 474 g/mol. The second-order valence-corrected chi connectivity index (χ2v) is 10.4. The van der Waals surface area contributed by atoms with Gasteiger partial charge >= 0.3 is 0 Å². The molecule has 0 N–H and O–H groups in total. The molecule has 0 unspecified atom stereocenters. The van der Waals surface area contributed by atoms with Gasteiger partial charge in [-0.3, -0.25) is 9.55 Å². The van der Waals surface area contributed by atoms with Gasteiger partial charge < -0.3 is 0 Å². The van der Waals surface area contributed by atoms with E-state index in [0.29, 0.717) is 0 Å². The first-order valence-corrected chi connectivity index (χ1v) is 13.4. The fraction of sp³-hybridized carbons (Fsp3) is 0.0556. The van der Waals surface area contributed by atoms with Gasteiger partial charge in [0, 0.05) is 33.8 Å². The van der Waals surface area contributed by atoms with Crippen molar-refractivity contribution in [3.05, 3.63) is 138 Å². The summed E-state index contributed by atoms with van der Waals surface area (Å²) in [5, 5.41) is 2.47. The zero-order chi connectivity index (χ0) is 25.9. The van der Waals surface area contributed by atoms with Crippen LogP contribution in [0.15, 0.2) is 121 Å². The first-order chi connectivity index (χ1) is 19.2. The van der Waals surface area contributed by atoms with Crippen LogP contribution in [0.1, 0.15) is 16.7 Å². The maximum absolute atomic E-state index is 5.33. The summed E-state index contributed by atoms with van der Waals surface area (Å²) >= 11 is 0. The van der Waals surface area contributed by atoms with Crippen LogP contribution >= 0.6 is 0 Å². The van der Waals surface area contributed by atoms with Crippen LogP contribution in [-0.2, 0) is 6.42 Å². The average molecular weight is 500 g/mol. The third-order valence-corrected chi connectivity index (χ3v) is 7.91. The monoisotopic (exact) mass is 499 g/mol. The fourth-order valence-corrected chi connectivity index (χ4v) is 6.08. The molecule has 1 aliphatic rings. The van der Waals surface area contributed by atoms with E-state index in [2.05, 4.69) is 132 Å². The minimum atomic E-state index is 0.952. The zero-order valence-electron chi connectivity index (χ0n) is 21.6.